The summed E-state index contributed by atoms with van der Waals surface area (Å²) < 4.78 is 5.19. The standard InChI is InChI=1S/C23H23N3O3S2/c1-3-29-23(28)17-12-19(15-8-5-4-6-9-15)31-22(17)26-20(27)13-30-21-16-10-7-11-18(16)24-14(2)25-21/h4-6,8-9,12H,3,7,10-11,13H2,1-2H3,(H,26,27). The number of hydrogen-bond donors (Lipinski definition) is 1. The van der Waals surface area contributed by atoms with Gasteiger partial charge >= 0.3 is 5.97 Å². The van der Waals surface area contributed by atoms with Crippen LogP contribution in [0, 0.1) is 6.92 Å². The molecule has 31 heavy (non-hydrogen) atoms. The molecule has 0 atom stereocenters. The number of aryl methyl sites for hydroxylation is 2. The zero-order chi connectivity index (χ0) is 21.8. The van der Waals surface area contributed by atoms with Crippen molar-refractivity contribution in [3.8, 4) is 10.4 Å². The Hall–Kier alpha value is -2.71. The Morgan fingerprint density at radius 2 is 2.00 bits per heavy atom. The average Bonchev–Trinajstić information content (AvgIpc) is 3.40. The average molecular weight is 454 g/mol. The van der Waals surface area contributed by atoms with E-state index in [-0.39, 0.29) is 18.3 Å². The first-order chi connectivity index (χ1) is 15.0. The van der Waals surface area contributed by atoms with Crippen molar-refractivity contribution in [2.75, 3.05) is 17.7 Å². The van der Waals surface area contributed by atoms with Crippen molar-refractivity contribution in [1.82, 2.24) is 9.97 Å². The number of amides is 1. The Balaban J connectivity index is 1.51. The second-order valence-corrected chi connectivity index (χ2v) is 9.15. The Labute approximate surface area is 189 Å². The number of thioether (sulfide) groups is 1. The number of nitrogens with zero attached hydrogens (tertiary/aromatic N) is 2. The first-order valence-corrected chi connectivity index (χ1v) is 12.0. The van der Waals surface area contributed by atoms with E-state index in [1.807, 2.05) is 37.3 Å². The lowest BCUT2D eigenvalue weighted by molar-refractivity contribution is -0.113. The third kappa shape index (κ3) is 4.97. The summed E-state index contributed by atoms with van der Waals surface area (Å²) >= 11 is 2.79. The van der Waals surface area contributed by atoms with Crippen molar-refractivity contribution < 1.29 is 14.3 Å². The zero-order valence-electron chi connectivity index (χ0n) is 17.4. The van der Waals surface area contributed by atoms with E-state index in [2.05, 4.69) is 15.3 Å². The van der Waals surface area contributed by atoms with Gasteiger partial charge in [-0.3, -0.25) is 4.79 Å². The fraction of sp³-hybridized carbons (Fsp3) is 0.304. The number of carbonyl (C=O) groups excluding carboxylic acids is 2. The summed E-state index contributed by atoms with van der Waals surface area (Å²) in [5.41, 5.74) is 3.63. The maximum absolute atomic E-state index is 12.7. The number of nitrogens with one attached hydrogen (secondary N) is 1. The SMILES string of the molecule is CCOC(=O)c1cc(-c2ccccc2)sc1NC(=O)CSc1nc(C)nc2c1CCC2. The van der Waals surface area contributed by atoms with E-state index in [1.165, 1.54) is 23.1 Å². The Bertz CT molecular complexity index is 1110. The molecule has 0 aliphatic heterocycles. The van der Waals surface area contributed by atoms with Gasteiger partial charge in [-0.15, -0.1) is 11.3 Å². The highest BCUT2D eigenvalue weighted by molar-refractivity contribution is 8.00. The fourth-order valence-corrected chi connectivity index (χ4v) is 5.52. The van der Waals surface area contributed by atoms with Gasteiger partial charge in [0.25, 0.3) is 0 Å². The molecule has 0 bridgehead atoms. The van der Waals surface area contributed by atoms with Crippen LogP contribution in [0.5, 0.6) is 0 Å². The van der Waals surface area contributed by atoms with Crippen molar-refractivity contribution >= 4 is 40.0 Å². The Morgan fingerprint density at radius 1 is 1.19 bits per heavy atom. The zero-order valence-corrected chi connectivity index (χ0v) is 19.1. The maximum atomic E-state index is 12.7. The van der Waals surface area contributed by atoms with Crippen LogP contribution in [0.1, 0.15) is 40.8 Å². The number of esters is 1. The summed E-state index contributed by atoms with van der Waals surface area (Å²) in [5.74, 6) is 0.330. The molecule has 4 rings (SSSR count). The van der Waals surface area contributed by atoms with Gasteiger partial charge < -0.3 is 10.1 Å². The van der Waals surface area contributed by atoms with Gasteiger partial charge in [0.05, 0.1) is 17.9 Å². The summed E-state index contributed by atoms with van der Waals surface area (Å²) in [7, 11) is 0. The lowest BCUT2D eigenvalue weighted by Crippen LogP contribution is -2.16. The molecule has 0 spiro atoms. The minimum absolute atomic E-state index is 0.181. The summed E-state index contributed by atoms with van der Waals surface area (Å²) in [4.78, 5) is 35.1. The van der Waals surface area contributed by atoms with Gasteiger partial charge in [-0.1, -0.05) is 42.1 Å². The van der Waals surface area contributed by atoms with E-state index in [0.717, 1.165) is 51.8 Å². The van der Waals surface area contributed by atoms with Gasteiger partial charge in [0, 0.05) is 16.1 Å². The number of fused-ring (bicyclic) bond motifs is 1. The van der Waals surface area contributed by atoms with Crippen LogP contribution < -0.4 is 5.32 Å². The van der Waals surface area contributed by atoms with E-state index in [0.29, 0.717) is 10.6 Å². The van der Waals surface area contributed by atoms with Crippen LogP contribution in [-0.2, 0) is 22.4 Å². The molecule has 0 radical (unpaired) electrons. The molecule has 0 saturated heterocycles. The van der Waals surface area contributed by atoms with Crippen LogP contribution in [0.2, 0.25) is 0 Å². The quantitative estimate of drug-likeness (QED) is 0.311. The number of anilines is 1. The van der Waals surface area contributed by atoms with Crippen molar-refractivity contribution in [3.05, 3.63) is 59.0 Å². The smallest absolute Gasteiger partial charge is 0.341 e. The van der Waals surface area contributed by atoms with Crippen molar-refractivity contribution in [2.24, 2.45) is 0 Å². The highest BCUT2D eigenvalue weighted by atomic mass is 32.2. The van der Waals surface area contributed by atoms with Crippen LogP contribution in [0.25, 0.3) is 10.4 Å². The lowest BCUT2D eigenvalue weighted by Gasteiger charge is -2.09. The van der Waals surface area contributed by atoms with Crippen molar-refractivity contribution in [1.29, 1.82) is 0 Å². The van der Waals surface area contributed by atoms with E-state index in [1.54, 1.807) is 13.0 Å². The molecule has 160 valence electrons. The predicted octanol–water partition coefficient (Wildman–Crippen LogP) is 4.91. The summed E-state index contributed by atoms with van der Waals surface area (Å²) in [6, 6.07) is 11.5. The third-order valence-corrected chi connectivity index (χ3v) is 7.00. The maximum Gasteiger partial charge on any atom is 0.341 e. The monoisotopic (exact) mass is 453 g/mol. The van der Waals surface area contributed by atoms with E-state index in [4.69, 9.17) is 4.74 Å². The number of hydrogen-bond acceptors (Lipinski definition) is 7. The van der Waals surface area contributed by atoms with Gasteiger partial charge in [0.15, 0.2) is 0 Å². The topological polar surface area (TPSA) is 81.2 Å². The molecule has 2 aromatic heterocycles. The molecule has 0 unspecified atom stereocenters. The van der Waals surface area contributed by atoms with Crippen molar-refractivity contribution in [2.45, 2.75) is 38.1 Å². The number of ether oxygens (including phenoxy) is 1. The van der Waals surface area contributed by atoms with E-state index in [9.17, 15) is 9.59 Å². The van der Waals surface area contributed by atoms with Gasteiger partial charge in [0.2, 0.25) is 5.91 Å². The number of aromatic nitrogens is 2. The van der Waals surface area contributed by atoms with E-state index >= 15 is 0 Å². The summed E-state index contributed by atoms with van der Waals surface area (Å²) in [5, 5.41) is 4.30. The fourth-order valence-electron chi connectivity index (χ4n) is 3.52. The normalized spacial score (nSPS) is 12.5. The largest absolute Gasteiger partial charge is 0.462 e. The molecule has 1 amide bonds. The molecule has 3 aromatic rings. The molecular formula is C23H23N3O3S2. The van der Waals surface area contributed by atoms with Crippen LogP contribution in [0.15, 0.2) is 41.4 Å². The lowest BCUT2D eigenvalue weighted by atomic mass is 10.1. The third-order valence-electron chi connectivity index (χ3n) is 4.89. The van der Waals surface area contributed by atoms with E-state index < -0.39 is 5.97 Å². The van der Waals surface area contributed by atoms with Crippen LogP contribution in [0.3, 0.4) is 0 Å². The van der Waals surface area contributed by atoms with Crippen molar-refractivity contribution in [3.63, 3.8) is 0 Å². The van der Waals surface area contributed by atoms with Gasteiger partial charge in [-0.2, -0.15) is 0 Å². The van der Waals surface area contributed by atoms with Crippen LogP contribution in [0.4, 0.5) is 5.00 Å². The summed E-state index contributed by atoms with van der Waals surface area (Å²) in [6.45, 7) is 3.92. The Morgan fingerprint density at radius 3 is 2.77 bits per heavy atom. The van der Waals surface area contributed by atoms with Crippen LogP contribution in [-0.4, -0.2) is 34.2 Å². The first-order valence-electron chi connectivity index (χ1n) is 10.2. The minimum atomic E-state index is -0.437. The predicted molar refractivity (Wildman–Crippen MR) is 124 cm³/mol. The molecule has 1 aliphatic rings. The molecular weight excluding hydrogens is 430 g/mol. The second kappa shape index (κ2) is 9.62. The molecule has 0 fully saturated rings. The molecule has 6 nitrogen and oxygen atoms in total. The molecule has 1 aromatic carbocycles. The van der Waals surface area contributed by atoms with Gasteiger partial charge in [0.1, 0.15) is 15.9 Å². The Kier molecular flexibility index (Phi) is 6.67. The highest BCUT2D eigenvalue weighted by Crippen LogP contribution is 2.36. The molecule has 1 aliphatic carbocycles. The number of rotatable bonds is 7. The number of benzene rings is 1. The number of thiophene rings is 1. The first kappa shape index (κ1) is 21.5. The van der Waals surface area contributed by atoms with Gasteiger partial charge in [-0.25, -0.2) is 14.8 Å². The molecule has 8 heteroatoms. The molecule has 0 saturated carbocycles. The van der Waals surface area contributed by atoms with Crippen LogP contribution >= 0.6 is 23.1 Å². The highest BCUT2D eigenvalue weighted by Gasteiger charge is 2.22. The molecule has 2 heterocycles. The minimum Gasteiger partial charge on any atom is -0.462 e. The molecule has 1 N–H and O–H groups in total. The number of carbonyl (C=O) groups is 2. The summed E-state index contributed by atoms with van der Waals surface area (Å²) in [6.07, 6.45) is 3.00. The van der Waals surface area contributed by atoms with Gasteiger partial charge in [-0.05, 0) is 44.7 Å². The second-order valence-electron chi connectivity index (χ2n) is 7.13.